The number of benzene rings is 1. The summed E-state index contributed by atoms with van der Waals surface area (Å²) in [6.07, 6.45) is 6.74. The maximum Gasteiger partial charge on any atom is 0.230 e. The van der Waals surface area contributed by atoms with E-state index >= 15 is 0 Å². The molecule has 0 bridgehead atoms. The molecule has 2 atom stereocenters. The molecule has 2 unspecified atom stereocenters. The lowest BCUT2D eigenvalue weighted by Gasteiger charge is -2.41. The number of hydrogen-bond donors (Lipinski definition) is 2. The number of Topliss-reactive ketones (excluding diaryl/α,β-unsaturated/α-hetero) is 1. The van der Waals surface area contributed by atoms with Crippen molar-refractivity contribution in [3.63, 3.8) is 0 Å². The van der Waals surface area contributed by atoms with Crippen LogP contribution in [0.1, 0.15) is 61.4 Å². The molecule has 2 aliphatic carbocycles. The van der Waals surface area contributed by atoms with E-state index in [0.717, 1.165) is 49.5 Å². The molecule has 2 heterocycles. The van der Waals surface area contributed by atoms with Crippen molar-refractivity contribution in [1.82, 2.24) is 15.1 Å². The van der Waals surface area contributed by atoms with Gasteiger partial charge >= 0.3 is 0 Å². The maximum absolute atomic E-state index is 13.0. The highest BCUT2D eigenvalue weighted by Crippen LogP contribution is 2.38. The van der Waals surface area contributed by atoms with E-state index in [1.54, 1.807) is 0 Å². The molecule has 2 amide bonds. The molecule has 2 saturated heterocycles. The molecule has 4 aliphatic rings. The lowest BCUT2D eigenvalue weighted by atomic mass is 9.83. The first-order valence-electron chi connectivity index (χ1n) is 18.6. The lowest BCUT2D eigenvalue weighted by molar-refractivity contribution is -0.137. The number of imide groups is 1. The van der Waals surface area contributed by atoms with Gasteiger partial charge in [0.25, 0.3) is 0 Å². The molecule has 0 spiro atoms. The SMILES string of the molecule is CC1CCC(N2CCN(CCOCCOCCOCCOCCOCCNc3cccc4c3CC(C3CCC(=O)NC3=O)C4=O)CC2)CC1. The third kappa shape index (κ3) is 11.8. The summed E-state index contributed by atoms with van der Waals surface area (Å²) in [5.74, 6) is -0.582. The van der Waals surface area contributed by atoms with Gasteiger partial charge in [0.05, 0.1) is 66.1 Å². The molecule has 1 aromatic rings. The van der Waals surface area contributed by atoms with Crippen molar-refractivity contribution in [2.75, 3.05) is 111 Å². The van der Waals surface area contributed by atoms with Crippen LogP contribution in [0.15, 0.2) is 18.2 Å². The van der Waals surface area contributed by atoms with Gasteiger partial charge in [0.2, 0.25) is 11.8 Å². The molecule has 1 saturated carbocycles. The number of nitrogens with one attached hydrogen (secondary N) is 2. The summed E-state index contributed by atoms with van der Waals surface area (Å²) in [5.41, 5.74) is 2.48. The minimum Gasteiger partial charge on any atom is -0.382 e. The second kappa shape index (κ2) is 20.4. The van der Waals surface area contributed by atoms with Crippen LogP contribution in [0, 0.1) is 17.8 Å². The Labute approximate surface area is 291 Å². The van der Waals surface area contributed by atoms with Crippen LogP contribution in [0.2, 0.25) is 0 Å². The normalized spacial score (nSPS) is 25.0. The van der Waals surface area contributed by atoms with Gasteiger partial charge in [0, 0.05) is 74.8 Å². The standard InChI is InChI=1S/C37H58N4O8/c1-28-5-7-29(8-6-28)41-14-12-40(13-15-41)16-18-46-20-22-48-24-26-49-25-23-47-21-19-45-17-11-38-34-4-2-3-30-32(34)27-33(36(30)43)31-9-10-35(42)39-37(31)44/h2-4,28-29,31,33,38H,5-27H2,1H3,(H,39,42,44). The average molecular weight is 687 g/mol. The fourth-order valence-electron chi connectivity index (χ4n) is 7.53. The van der Waals surface area contributed by atoms with Gasteiger partial charge in [-0.2, -0.15) is 0 Å². The Morgan fingerprint density at radius 1 is 0.735 bits per heavy atom. The molecule has 0 aromatic heterocycles. The van der Waals surface area contributed by atoms with Crippen molar-refractivity contribution in [3.05, 3.63) is 29.3 Å². The number of piperidine rings is 1. The van der Waals surface area contributed by atoms with Gasteiger partial charge in [-0.1, -0.05) is 19.1 Å². The summed E-state index contributed by atoms with van der Waals surface area (Å²) in [7, 11) is 0. The molecule has 12 heteroatoms. The first-order valence-corrected chi connectivity index (χ1v) is 18.6. The van der Waals surface area contributed by atoms with Crippen LogP contribution in [0.25, 0.3) is 0 Å². The first kappa shape index (κ1) is 37.8. The zero-order chi connectivity index (χ0) is 34.3. The number of nitrogens with zero attached hydrogens (tertiary/aromatic N) is 2. The van der Waals surface area contributed by atoms with Gasteiger partial charge in [0.15, 0.2) is 5.78 Å². The summed E-state index contributed by atoms with van der Waals surface area (Å²) < 4.78 is 28.3. The molecule has 12 nitrogen and oxygen atoms in total. The topological polar surface area (TPSA) is 128 Å². The predicted molar refractivity (Wildman–Crippen MR) is 186 cm³/mol. The van der Waals surface area contributed by atoms with Crippen molar-refractivity contribution < 1.29 is 38.1 Å². The molecule has 0 radical (unpaired) electrons. The Hall–Kier alpha value is -2.45. The molecular formula is C37H58N4O8. The molecular weight excluding hydrogens is 628 g/mol. The summed E-state index contributed by atoms with van der Waals surface area (Å²) in [4.78, 5) is 42.2. The molecule has 274 valence electrons. The van der Waals surface area contributed by atoms with Gasteiger partial charge in [0.1, 0.15) is 0 Å². The number of anilines is 1. The van der Waals surface area contributed by atoms with Crippen LogP contribution in [0.3, 0.4) is 0 Å². The molecule has 2 N–H and O–H groups in total. The number of hydrogen-bond acceptors (Lipinski definition) is 11. The van der Waals surface area contributed by atoms with E-state index in [2.05, 4.69) is 27.4 Å². The van der Waals surface area contributed by atoms with Gasteiger partial charge < -0.3 is 29.0 Å². The Kier molecular flexibility index (Phi) is 15.7. The van der Waals surface area contributed by atoms with Gasteiger partial charge in [-0.05, 0) is 56.1 Å². The number of rotatable bonds is 21. The largest absolute Gasteiger partial charge is 0.382 e. The summed E-state index contributed by atoms with van der Waals surface area (Å²) in [6, 6.07) is 6.43. The van der Waals surface area contributed by atoms with E-state index in [-0.39, 0.29) is 24.0 Å². The molecule has 5 rings (SSSR count). The minimum atomic E-state index is -0.459. The third-order valence-electron chi connectivity index (χ3n) is 10.5. The smallest absolute Gasteiger partial charge is 0.230 e. The van der Waals surface area contributed by atoms with Crippen LogP contribution in [0.4, 0.5) is 5.69 Å². The second-order valence-electron chi connectivity index (χ2n) is 13.8. The second-order valence-corrected chi connectivity index (χ2v) is 13.8. The zero-order valence-corrected chi connectivity index (χ0v) is 29.5. The summed E-state index contributed by atoms with van der Waals surface area (Å²) >= 11 is 0. The number of carbonyl (C=O) groups excluding carboxylic acids is 3. The fraction of sp³-hybridized carbons (Fsp3) is 0.757. The Balaban J connectivity index is 0.784. The number of piperazine rings is 1. The zero-order valence-electron chi connectivity index (χ0n) is 29.5. The number of fused-ring (bicyclic) bond motifs is 1. The quantitative estimate of drug-likeness (QED) is 0.146. The summed E-state index contributed by atoms with van der Waals surface area (Å²) in [5, 5.41) is 5.75. The van der Waals surface area contributed by atoms with Gasteiger partial charge in [-0.3, -0.25) is 29.5 Å². The Morgan fingerprint density at radius 3 is 1.98 bits per heavy atom. The van der Waals surface area contributed by atoms with Crippen LogP contribution in [-0.2, 0) is 39.7 Å². The van der Waals surface area contributed by atoms with E-state index in [1.165, 1.54) is 38.8 Å². The average Bonchev–Trinajstić information content (AvgIpc) is 3.44. The highest BCUT2D eigenvalue weighted by Gasteiger charge is 2.42. The lowest BCUT2D eigenvalue weighted by Crippen LogP contribution is -2.51. The van der Waals surface area contributed by atoms with Crippen molar-refractivity contribution in [3.8, 4) is 0 Å². The van der Waals surface area contributed by atoms with Crippen LogP contribution in [-0.4, -0.2) is 139 Å². The predicted octanol–water partition coefficient (Wildman–Crippen LogP) is 2.79. The van der Waals surface area contributed by atoms with E-state index in [4.69, 9.17) is 23.7 Å². The molecule has 1 aromatic carbocycles. The third-order valence-corrected chi connectivity index (χ3v) is 10.5. The summed E-state index contributed by atoms with van der Waals surface area (Å²) in [6.45, 7) is 14.1. The number of ketones is 1. The van der Waals surface area contributed by atoms with Crippen LogP contribution >= 0.6 is 0 Å². The maximum atomic E-state index is 13.0. The molecule has 2 aliphatic heterocycles. The van der Waals surface area contributed by atoms with Crippen molar-refractivity contribution in [2.45, 2.75) is 57.9 Å². The van der Waals surface area contributed by atoms with Crippen molar-refractivity contribution in [1.29, 1.82) is 0 Å². The van der Waals surface area contributed by atoms with Crippen molar-refractivity contribution >= 4 is 23.3 Å². The van der Waals surface area contributed by atoms with E-state index in [1.807, 2.05) is 18.2 Å². The van der Waals surface area contributed by atoms with E-state index in [9.17, 15) is 14.4 Å². The Morgan fingerprint density at radius 2 is 1.35 bits per heavy atom. The number of amides is 2. The van der Waals surface area contributed by atoms with E-state index in [0.29, 0.717) is 84.4 Å². The molecule has 3 fully saturated rings. The van der Waals surface area contributed by atoms with E-state index < -0.39 is 11.8 Å². The van der Waals surface area contributed by atoms with Gasteiger partial charge in [-0.25, -0.2) is 0 Å². The number of carbonyl (C=O) groups is 3. The Bertz CT molecular complexity index is 1180. The fourth-order valence-corrected chi connectivity index (χ4v) is 7.53. The monoisotopic (exact) mass is 686 g/mol. The van der Waals surface area contributed by atoms with Crippen LogP contribution < -0.4 is 10.6 Å². The highest BCUT2D eigenvalue weighted by atomic mass is 16.6. The highest BCUT2D eigenvalue weighted by molar-refractivity contribution is 6.08. The van der Waals surface area contributed by atoms with Crippen LogP contribution in [0.5, 0.6) is 0 Å². The minimum absolute atomic E-state index is 0.0165. The first-order chi connectivity index (χ1) is 24.0. The van der Waals surface area contributed by atoms with Crippen molar-refractivity contribution in [2.24, 2.45) is 17.8 Å². The number of ether oxygens (including phenoxy) is 5. The van der Waals surface area contributed by atoms with Gasteiger partial charge in [-0.15, -0.1) is 0 Å². The molecule has 49 heavy (non-hydrogen) atoms.